The van der Waals surface area contributed by atoms with Crippen LogP contribution in [0.2, 0.25) is 0 Å². The Morgan fingerprint density at radius 2 is 2.05 bits per heavy atom. The first-order valence-electron chi connectivity index (χ1n) is 5.75. The quantitative estimate of drug-likeness (QED) is 0.824. The van der Waals surface area contributed by atoms with Crippen molar-refractivity contribution in [1.82, 2.24) is 10.2 Å². The van der Waals surface area contributed by atoms with Crippen molar-refractivity contribution in [3.63, 3.8) is 0 Å². The Bertz CT molecular complexity index is 702. The predicted molar refractivity (Wildman–Crippen MR) is 73.5 cm³/mol. The molecule has 1 heterocycles. The summed E-state index contributed by atoms with van der Waals surface area (Å²) >= 11 is 0. The fourth-order valence-corrected chi connectivity index (χ4v) is 1.62. The summed E-state index contributed by atoms with van der Waals surface area (Å²) in [5, 5.41) is 14.9. The Kier molecular flexibility index (Phi) is 3.95. The lowest BCUT2D eigenvalue weighted by molar-refractivity contribution is -0.131. The van der Waals surface area contributed by atoms with Gasteiger partial charge in [0.15, 0.2) is 0 Å². The number of hydrogen-bond donors (Lipinski definition) is 2. The molecule has 2 rings (SSSR count). The van der Waals surface area contributed by atoms with Crippen LogP contribution >= 0.6 is 0 Å². The Labute approximate surface area is 114 Å². The Balaban J connectivity index is 2.39. The zero-order valence-electron chi connectivity index (χ0n) is 10.7. The number of aliphatic carboxylic acids is 1. The molecule has 0 radical (unpaired) electrons. The van der Waals surface area contributed by atoms with Gasteiger partial charge in [0.25, 0.3) is 5.56 Å². The summed E-state index contributed by atoms with van der Waals surface area (Å²) in [6.45, 7) is 0. The largest absolute Gasteiger partial charge is 0.497 e. The van der Waals surface area contributed by atoms with Crippen molar-refractivity contribution >= 4 is 12.0 Å². The molecule has 0 atom stereocenters. The van der Waals surface area contributed by atoms with E-state index in [0.29, 0.717) is 11.4 Å². The molecular weight excluding hydrogens is 260 g/mol. The van der Waals surface area contributed by atoms with Crippen LogP contribution in [0.1, 0.15) is 5.56 Å². The van der Waals surface area contributed by atoms with E-state index in [0.717, 1.165) is 11.6 Å². The molecule has 2 N–H and O–H groups in total. The number of carboxylic acids is 1. The van der Waals surface area contributed by atoms with Crippen molar-refractivity contribution < 1.29 is 14.6 Å². The number of hydrogen-bond acceptors (Lipinski definition) is 4. The first-order valence-corrected chi connectivity index (χ1v) is 5.75. The van der Waals surface area contributed by atoms with E-state index in [-0.39, 0.29) is 5.56 Å². The van der Waals surface area contributed by atoms with Gasteiger partial charge in [0.1, 0.15) is 5.75 Å². The van der Waals surface area contributed by atoms with Gasteiger partial charge in [-0.25, -0.2) is 9.89 Å². The minimum Gasteiger partial charge on any atom is -0.497 e. The lowest BCUT2D eigenvalue weighted by Gasteiger charge is -2.03. The number of carbonyl (C=O) groups is 1. The number of ether oxygens (including phenoxy) is 1. The minimum atomic E-state index is -1.12. The number of aromatic amines is 1. The lowest BCUT2D eigenvalue weighted by atomic mass is 10.1. The summed E-state index contributed by atoms with van der Waals surface area (Å²) in [6.07, 6.45) is 2.14. The summed E-state index contributed by atoms with van der Waals surface area (Å²) in [6, 6.07) is 8.66. The van der Waals surface area contributed by atoms with Crippen molar-refractivity contribution in [3.05, 3.63) is 52.3 Å². The summed E-state index contributed by atoms with van der Waals surface area (Å²) in [4.78, 5) is 22.0. The second-order valence-corrected chi connectivity index (χ2v) is 3.94. The van der Waals surface area contributed by atoms with E-state index in [4.69, 9.17) is 9.84 Å². The van der Waals surface area contributed by atoms with E-state index in [1.54, 1.807) is 31.4 Å². The summed E-state index contributed by atoms with van der Waals surface area (Å²) in [5.41, 5.74) is 1.11. The van der Waals surface area contributed by atoms with E-state index < -0.39 is 11.5 Å². The van der Waals surface area contributed by atoms with Gasteiger partial charge in [-0.2, -0.15) is 5.10 Å². The molecule has 1 aromatic carbocycles. The van der Waals surface area contributed by atoms with E-state index in [1.807, 2.05) is 0 Å². The van der Waals surface area contributed by atoms with Gasteiger partial charge >= 0.3 is 5.97 Å². The van der Waals surface area contributed by atoms with Crippen LogP contribution in [-0.4, -0.2) is 28.4 Å². The highest BCUT2D eigenvalue weighted by molar-refractivity contribution is 5.85. The highest BCUT2D eigenvalue weighted by Crippen LogP contribution is 2.20. The fourth-order valence-electron chi connectivity index (χ4n) is 1.62. The van der Waals surface area contributed by atoms with Gasteiger partial charge in [-0.05, 0) is 36.4 Å². The Morgan fingerprint density at radius 1 is 1.35 bits per heavy atom. The maximum absolute atomic E-state index is 11.5. The third-order valence-corrected chi connectivity index (χ3v) is 2.62. The average Bonchev–Trinajstić information content (AvgIpc) is 2.46. The molecule has 6 nitrogen and oxygen atoms in total. The number of carboxylic acid groups (broad SMARTS) is 1. The molecule has 0 spiro atoms. The molecule has 0 unspecified atom stereocenters. The van der Waals surface area contributed by atoms with Crippen LogP contribution in [-0.2, 0) is 4.79 Å². The highest BCUT2D eigenvalue weighted by atomic mass is 16.5. The lowest BCUT2D eigenvalue weighted by Crippen LogP contribution is -2.11. The molecule has 0 amide bonds. The van der Waals surface area contributed by atoms with Gasteiger partial charge in [0, 0.05) is 17.2 Å². The second-order valence-electron chi connectivity index (χ2n) is 3.94. The minimum absolute atomic E-state index is 0.230. The number of aromatic nitrogens is 2. The summed E-state index contributed by atoms with van der Waals surface area (Å²) < 4.78 is 5.06. The van der Waals surface area contributed by atoms with Crippen LogP contribution in [0.3, 0.4) is 0 Å². The number of methoxy groups -OCH3 is 1. The molecule has 0 fully saturated rings. The van der Waals surface area contributed by atoms with Crippen LogP contribution < -0.4 is 10.3 Å². The topological polar surface area (TPSA) is 92.3 Å². The monoisotopic (exact) mass is 272 g/mol. The smallest absolute Gasteiger partial charge is 0.328 e. The van der Waals surface area contributed by atoms with Crippen LogP contribution in [0.4, 0.5) is 0 Å². The van der Waals surface area contributed by atoms with E-state index in [9.17, 15) is 9.59 Å². The molecule has 102 valence electrons. The van der Waals surface area contributed by atoms with Crippen LogP contribution in [0, 0.1) is 0 Å². The normalized spacial score (nSPS) is 10.7. The Morgan fingerprint density at radius 3 is 2.65 bits per heavy atom. The number of nitrogens with one attached hydrogen (secondary N) is 1. The van der Waals surface area contributed by atoms with Crippen molar-refractivity contribution in [2.24, 2.45) is 0 Å². The van der Waals surface area contributed by atoms with E-state index in [2.05, 4.69) is 10.2 Å². The number of nitrogens with zero attached hydrogens (tertiary/aromatic N) is 1. The standard InChI is InChI=1S/C14H12N2O4/c1-20-11-5-2-9(3-6-11)12-8-10(4-7-13(17)18)14(19)16-15-12/h2-8H,1H3,(H,16,19)(H,17,18)/b7-4+. The fraction of sp³-hybridized carbons (Fsp3) is 0.0714. The number of rotatable bonds is 4. The SMILES string of the molecule is COc1ccc(-c2cc(/C=C/C(=O)O)c(=O)[nH]n2)cc1. The Hall–Kier alpha value is -2.89. The zero-order valence-corrected chi connectivity index (χ0v) is 10.7. The van der Waals surface area contributed by atoms with Gasteiger partial charge in [-0.1, -0.05) is 0 Å². The maximum Gasteiger partial charge on any atom is 0.328 e. The average molecular weight is 272 g/mol. The van der Waals surface area contributed by atoms with Gasteiger partial charge in [-0.3, -0.25) is 4.79 Å². The number of benzene rings is 1. The van der Waals surface area contributed by atoms with Crippen molar-refractivity contribution in [2.45, 2.75) is 0 Å². The molecule has 0 aliphatic heterocycles. The van der Waals surface area contributed by atoms with Gasteiger partial charge in [-0.15, -0.1) is 0 Å². The van der Waals surface area contributed by atoms with Crippen LogP contribution in [0.25, 0.3) is 17.3 Å². The van der Waals surface area contributed by atoms with Crippen molar-refractivity contribution in [3.8, 4) is 17.0 Å². The van der Waals surface area contributed by atoms with Crippen LogP contribution in [0.5, 0.6) is 5.75 Å². The first kappa shape index (κ1) is 13.5. The van der Waals surface area contributed by atoms with Gasteiger partial charge in [0.05, 0.1) is 12.8 Å². The third kappa shape index (κ3) is 3.11. The molecular formula is C14H12N2O4. The molecule has 0 aliphatic rings. The second kappa shape index (κ2) is 5.83. The molecule has 1 aromatic heterocycles. The molecule has 0 aliphatic carbocycles. The molecule has 0 bridgehead atoms. The highest BCUT2D eigenvalue weighted by Gasteiger charge is 2.04. The molecule has 2 aromatic rings. The van der Waals surface area contributed by atoms with Crippen molar-refractivity contribution in [1.29, 1.82) is 0 Å². The summed E-state index contributed by atoms with van der Waals surface area (Å²) in [5.74, 6) is -0.406. The zero-order chi connectivity index (χ0) is 14.5. The molecule has 0 saturated carbocycles. The first-order chi connectivity index (χ1) is 9.60. The van der Waals surface area contributed by atoms with E-state index >= 15 is 0 Å². The molecule has 0 saturated heterocycles. The maximum atomic E-state index is 11.5. The predicted octanol–water partition coefficient (Wildman–Crippen LogP) is 1.54. The van der Waals surface area contributed by atoms with Gasteiger partial charge in [0.2, 0.25) is 0 Å². The van der Waals surface area contributed by atoms with Crippen molar-refractivity contribution in [2.75, 3.05) is 7.11 Å². The number of H-pyrrole nitrogens is 1. The molecule has 20 heavy (non-hydrogen) atoms. The van der Waals surface area contributed by atoms with E-state index in [1.165, 1.54) is 12.1 Å². The third-order valence-electron chi connectivity index (χ3n) is 2.62. The van der Waals surface area contributed by atoms with Crippen LogP contribution in [0.15, 0.2) is 41.2 Å². The molecule has 6 heteroatoms. The summed E-state index contributed by atoms with van der Waals surface area (Å²) in [7, 11) is 1.57. The van der Waals surface area contributed by atoms with Gasteiger partial charge < -0.3 is 9.84 Å².